The van der Waals surface area contributed by atoms with Crippen LogP contribution in [0, 0.1) is 11.3 Å². The average Bonchev–Trinajstić information content (AvgIpc) is 2.08. The lowest BCUT2D eigenvalue weighted by atomic mass is 9.55. The van der Waals surface area contributed by atoms with Gasteiger partial charge in [-0.05, 0) is 50.4 Å². The molecule has 0 aromatic carbocycles. The fourth-order valence-corrected chi connectivity index (χ4v) is 3.67. The first-order valence-electron chi connectivity index (χ1n) is 5.84. The average molecular weight is 198 g/mol. The standard InChI is InChI=1S/C12H22O2/c1-11-5-3-6-12(2,14)10(11)8-9(13)4-7-11/h9-10,13-14H,3-8H2,1-2H3/t9-,10+,11+,12+/m0/s1. The molecule has 0 aromatic rings. The Bertz CT molecular complexity index is 224. The highest BCUT2D eigenvalue weighted by molar-refractivity contribution is 5.01. The monoisotopic (exact) mass is 198 g/mol. The second-order valence-electron chi connectivity index (χ2n) is 5.85. The summed E-state index contributed by atoms with van der Waals surface area (Å²) in [6.45, 7) is 4.24. The SMILES string of the molecule is C[C@]12CCC[C@@](C)(O)[C@@H]1C[C@@H](O)CC2. The molecule has 0 saturated heterocycles. The van der Waals surface area contributed by atoms with E-state index in [1.165, 1.54) is 6.42 Å². The van der Waals surface area contributed by atoms with Crippen LogP contribution in [0.5, 0.6) is 0 Å². The summed E-state index contributed by atoms with van der Waals surface area (Å²) in [6.07, 6.45) is 5.87. The molecule has 0 aliphatic heterocycles. The van der Waals surface area contributed by atoms with Crippen LogP contribution in [0.3, 0.4) is 0 Å². The van der Waals surface area contributed by atoms with Gasteiger partial charge >= 0.3 is 0 Å². The van der Waals surface area contributed by atoms with Crippen molar-refractivity contribution in [3.8, 4) is 0 Å². The van der Waals surface area contributed by atoms with Gasteiger partial charge in [-0.1, -0.05) is 13.3 Å². The van der Waals surface area contributed by atoms with Gasteiger partial charge in [0.15, 0.2) is 0 Å². The number of fused-ring (bicyclic) bond motifs is 1. The lowest BCUT2D eigenvalue weighted by molar-refractivity contribution is -0.134. The molecule has 0 spiro atoms. The maximum absolute atomic E-state index is 10.3. The molecular weight excluding hydrogens is 176 g/mol. The molecule has 0 heterocycles. The third-order valence-corrected chi connectivity index (χ3v) is 4.58. The van der Waals surface area contributed by atoms with E-state index >= 15 is 0 Å². The summed E-state index contributed by atoms with van der Waals surface area (Å²) in [5.74, 6) is 0.299. The molecule has 14 heavy (non-hydrogen) atoms. The van der Waals surface area contributed by atoms with E-state index < -0.39 is 5.60 Å². The summed E-state index contributed by atoms with van der Waals surface area (Å²) in [5, 5.41) is 20.0. The van der Waals surface area contributed by atoms with Crippen LogP contribution in [-0.4, -0.2) is 21.9 Å². The molecular formula is C12H22O2. The number of aliphatic hydroxyl groups is 2. The van der Waals surface area contributed by atoms with Crippen LogP contribution < -0.4 is 0 Å². The van der Waals surface area contributed by atoms with Crippen molar-refractivity contribution in [3.63, 3.8) is 0 Å². The van der Waals surface area contributed by atoms with Crippen LogP contribution >= 0.6 is 0 Å². The summed E-state index contributed by atoms with van der Waals surface area (Å²) in [5.41, 5.74) is -0.268. The number of hydrogen-bond acceptors (Lipinski definition) is 2. The van der Waals surface area contributed by atoms with Crippen molar-refractivity contribution >= 4 is 0 Å². The number of hydrogen-bond donors (Lipinski definition) is 2. The highest BCUT2D eigenvalue weighted by Crippen LogP contribution is 2.53. The highest BCUT2D eigenvalue weighted by Gasteiger charge is 2.50. The van der Waals surface area contributed by atoms with Crippen LogP contribution in [0.15, 0.2) is 0 Å². The van der Waals surface area contributed by atoms with E-state index in [0.29, 0.717) is 5.92 Å². The van der Waals surface area contributed by atoms with Crippen molar-refractivity contribution in [2.24, 2.45) is 11.3 Å². The van der Waals surface area contributed by atoms with E-state index in [2.05, 4.69) is 6.92 Å². The molecule has 0 bridgehead atoms. The molecule has 2 heteroatoms. The van der Waals surface area contributed by atoms with Gasteiger partial charge in [0.1, 0.15) is 0 Å². The van der Waals surface area contributed by atoms with Crippen molar-refractivity contribution in [2.75, 3.05) is 0 Å². The smallest absolute Gasteiger partial charge is 0.0654 e. The minimum Gasteiger partial charge on any atom is -0.393 e. The van der Waals surface area contributed by atoms with E-state index in [1.807, 2.05) is 6.92 Å². The van der Waals surface area contributed by atoms with Crippen LogP contribution in [0.1, 0.15) is 52.4 Å². The fourth-order valence-electron chi connectivity index (χ4n) is 3.67. The molecule has 2 fully saturated rings. The Morgan fingerprint density at radius 2 is 1.86 bits per heavy atom. The van der Waals surface area contributed by atoms with Gasteiger partial charge in [0.2, 0.25) is 0 Å². The lowest BCUT2D eigenvalue weighted by Crippen LogP contribution is -2.52. The molecule has 2 aliphatic rings. The maximum atomic E-state index is 10.3. The normalized spacial score (nSPS) is 54.0. The predicted octanol–water partition coefficient (Wildman–Crippen LogP) is 2.09. The first-order valence-corrected chi connectivity index (χ1v) is 5.84. The molecule has 4 atom stereocenters. The van der Waals surface area contributed by atoms with E-state index in [-0.39, 0.29) is 11.5 Å². The van der Waals surface area contributed by atoms with Crippen molar-refractivity contribution in [2.45, 2.75) is 64.1 Å². The van der Waals surface area contributed by atoms with Gasteiger partial charge in [-0.2, -0.15) is 0 Å². The molecule has 82 valence electrons. The molecule has 2 rings (SSSR count). The lowest BCUT2D eigenvalue weighted by Gasteiger charge is -2.53. The van der Waals surface area contributed by atoms with Crippen LogP contribution in [0.2, 0.25) is 0 Å². The third kappa shape index (κ3) is 1.59. The van der Waals surface area contributed by atoms with Crippen LogP contribution in [0.25, 0.3) is 0 Å². The molecule has 2 nitrogen and oxygen atoms in total. The maximum Gasteiger partial charge on any atom is 0.0654 e. The van der Waals surface area contributed by atoms with E-state index in [9.17, 15) is 10.2 Å². The summed E-state index contributed by atoms with van der Waals surface area (Å²) in [6, 6.07) is 0. The second kappa shape index (κ2) is 3.21. The number of aliphatic hydroxyl groups excluding tert-OH is 1. The van der Waals surface area contributed by atoms with Crippen molar-refractivity contribution in [3.05, 3.63) is 0 Å². The van der Waals surface area contributed by atoms with E-state index in [0.717, 1.165) is 32.1 Å². The Morgan fingerprint density at radius 1 is 1.14 bits per heavy atom. The molecule has 0 unspecified atom stereocenters. The Balaban J connectivity index is 2.22. The highest BCUT2D eigenvalue weighted by atomic mass is 16.3. The summed E-state index contributed by atoms with van der Waals surface area (Å²) in [7, 11) is 0. The molecule has 2 saturated carbocycles. The molecule has 0 amide bonds. The van der Waals surface area contributed by atoms with Crippen LogP contribution in [0.4, 0.5) is 0 Å². The Hall–Kier alpha value is -0.0800. The Labute approximate surface area is 86.3 Å². The first kappa shape index (κ1) is 10.4. The zero-order chi connectivity index (χ0) is 10.4. The van der Waals surface area contributed by atoms with Crippen molar-refractivity contribution in [1.29, 1.82) is 0 Å². The molecule has 2 aliphatic carbocycles. The van der Waals surface area contributed by atoms with Gasteiger partial charge in [-0.3, -0.25) is 0 Å². The van der Waals surface area contributed by atoms with Gasteiger partial charge < -0.3 is 10.2 Å². The summed E-state index contributed by atoms with van der Waals surface area (Å²) < 4.78 is 0. The summed E-state index contributed by atoms with van der Waals surface area (Å²) in [4.78, 5) is 0. The van der Waals surface area contributed by atoms with Gasteiger partial charge in [0, 0.05) is 0 Å². The molecule has 0 aromatic heterocycles. The quantitative estimate of drug-likeness (QED) is 0.625. The van der Waals surface area contributed by atoms with Gasteiger partial charge in [-0.15, -0.1) is 0 Å². The molecule has 2 N–H and O–H groups in total. The van der Waals surface area contributed by atoms with Crippen molar-refractivity contribution < 1.29 is 10.2 Å². The van der Waals surface area contributed by atoms with Crippen molar-refractivity contribution in [1.82, 2.24) is 0 Å². The van der Waals surface area contributed by atoms with E-state index in [4.69, 9.17) is 0 Å². The fraction of sp³-hybridized carbons (Fsp3) is 1.00. The van der Waals surface area contributed by atoms with Gasteiger partial charge in [0.25, 0.3) is 0 Å². The Kier molecular flexibility index (Phi) is 2.39. The van der Waals surface area contributed by atoms with Crippen LogP contribution in [-0.2, 0) is 0 Å². The minimum absolute atomic E-state index is 0.183. The second-order valence-corrected chi connectivity index (χ2v) is 5.85. The topological polar surface area (TPSA) is 40.5 Å². The third-order valence-electron chi connectivity index (χ3n) is 4.58. The van der Waals surface area contributed by atoms with Gasteiger partial charge in [-0.25, -0.2) is 0 Å². The summed E-state index contributed by atoms with van der Waals surface area (Å²) >= 11 is 0. The Morgan fingerprint density at radius 3 is 2.57 bits per heavy atom. The minimum atomic E-state index is -0.547. The van der Waals surface area contributed by atoms with Gasteiger partial charge in [0.05, 0.1) is 11.7 Å². The largest absolute Gasteiger partial charge is 0.393 e. The van der Waals surface area contributed by atoms with E-state index in [1.54, 1.807) is 0 Å². The zero-order valence-corrected chi connectivity index (χ0v) is 9.29. The molecule has 0 radical (unpaired) electrons. The predicted molar refractivity (Wildman–Crippen MR) is 55.9 cm³/mol. The number of rotatable bonds is 0. The zero-order valence-electron chi connectivity index (χ0n) is 9.29. The first-order chi connectivity index (χ1) is 6.44.